The summed E-state index contributed by atoms with van der Waals surface area (Å²) in [5.74, 6) is 4.80. The van der Waals surface area contributed by atoms with Crippen LogP contribution in [0.15, 0.2) is 18.2 Å². The van der Waals surface area contributed by atoms with Crippen LogP contribution in [0.1, 0.15) is 5.56 Å². The van der Waals surface area contributed by atoms with Crippen molar-refractivity contribution < 1.29 is 10.0 Å². The van der Waals surface area contributed by atoms with Crippen LogP contribution in [0.3, 0.4) is 0 Å². The molecule has 14 heavy (non-hydrogen) atoms. The molecule has 0 heterocycles. The van der Waals surface area contributed by atoms with E-state index < -0.39 is 4.92 Å². The topological polar surface area (TPSA) is 89.4 Å². The molecule has 5 nitrogen and oxygen atoms in total. The van der Waals surface area contributed by atoms with Crippen LogP contribution < -0.4 is 5.73 Å². The molecule has 0 unspecified atom stereocenters. The second-order valence-electron chi connectivity index (χ2n) is 2.46. The molecule has 0 aliphatic heterocycles. The molecule has 5 heteroatoms. The van der Waals surface area contributed by atoms with E-state index in [4.69, 9.17) is 10.8 Å². The van der Waals surface area contributed by atoms with E-state index in [1.54, 1.807) is 6.07 Å². The third kappa shape index (κ3) is 2.00. The molecule has 0 saturated carbocycles. The van der Waals surface area contributed by atoms with Gasteiger partial charge in [0.2, 0.25) is 0 Å². The van der Waals surface area contributed by atoms with Crippen molar-refractivity contribution >= 4 is 11.4 Å². The molecule has 0 aliphatic carbocycles. The normalized spacial score (nSPS) is 8.93. The third-order valence-corrected chi connectivity index (χ3v) is 1.55. The molecule has 1 rings (SSSR count). The summed E-state index contributed by atoms with van der Waals surface area (Å²) in [7, 11) is 0. The molecule has 0 aromatic heterocycles. The fourth-order valence-electron chi connectivity index (χ4n) is 1.00. The van der Waals surface area contributed by atoms with E-state index in [1.807, 2.05) is 0 Å². The maximum absolute atomic E-state index is 10.6. The van der Waals surface area contributed by atoms with E-state index in [2.05, 4.69) is 11.8 Å². The lowest BCUT2D eigenvalue weighted by Crippen LogP contribution is -1.98. The highest BCUT2D eigenvalue weighted by Crippen LogP contribution is 2.24. The summed E-state index contributed by atoms with van der Waals surface area (Å²) in [5.41, 5.74) is 5.49. The van der Waals surface area contributed by atoms with E-state index in [1.165, 1.54) is 12.1 Å². The number of nitro groups is 1. The molecule has 0 radical (unpaired) electrons. The van der Waals surface area contributed by atoms with Crippen LogP contribution in [-0.4, -0.2) is 16.6 Å². The molecule has 72 valence electrons. The van der Waals surface area contributed by atoms with Crippen LogP contribution in [0.4, 0.5) is 11.4 Å². The van der Waals surface area contributed by atoms with Crippen LogP contribution in [0.2, 0.25) is 0 Å². The van der Waals surface area contributed by atoms with Gasteiger partial charge in [0.05, 0.1) is 4.92 Å². The van der Waals surface area contributed by atoms with Crippen molar-refractivity contribution in [2.75, 3.05) is 12.3 Å². The van der Waals surface area contributed by atoms with Gasteiger partial charge in [-0.15, -0.1) is 0 Å². The Bertz CT molecular complexity index is 418. The molecular weight excluding hydrogens is 184 g/mol. The first-order chi connectivity index (χ1) is 6.66. The zero-order chi connectivity index (χ0) is 10.6. The molecule has 0 aliphatic rings. The van der Waals surface area contributed by atoms with E-state index in [9.17, 15) is 10.1 Å². The Hall–Kier alpha value is -2.06. The average molecular weight is 192 g/mol. The quantitative estimate of drug-likeness (QED) is 0.294. The Labute approximate surface area is 80.3 Å². The zero-order valence-corrected chi connectivity index (χ0v) is 7.23. The van der Waals surface area contributed by atoms with Crippen molar-refractivity contribution in [2.45, 2.75) is 0 Å². The Balaban J connectivity index is 3.28. The first-order valence-electron chi connectivity index (χ1n) is 3.79. The largest absolute Gasteiger partial charge is 0.393 e. The number of aliphatic hydroxyl groups is 1. The van der Waals surface area contributed by atoms with Gasteiger partial charge >= 0.3 is 5.69 Å². The summed E-state index contributed by atoms with van der Waals surface area (Å²) in [6.45, 7) is -0.341. The van der Waals surface area contributed by atoms with Gasteiger partial charge in [-0.25, -0.2) is 0 Å². The van der Waals surface area contributed by atoms with Gasteiger partial charge in [-0.1, -0.05) is 17.9 Å². The maximum Gasteiger partial charge on any atom is 0.307 e. The fraction of sp³-hybridized carbons (Fsp3) is 0.111. The van der Waals surface area contributed by atoms with Gasteiger partial charge in [-0.05, 0) is 12.1 Å². The molecule has 0 amide bonds. The molecule has 0 fully saturated rings. The Morgan fingerprint density at radius 1 is 1.57 bits per heavy atom. The van der Waals surface area contributed by atoms with Gasteiger partial charge in [0, 0.05) is 0 Å². The molecule has 1 aromatic carbocycles. The molecular formula is C9H8N2O3. The maximum atomic E-state index is 10.6. The van der Waals surface area contributed by atoms with Crippen molar-refractivity contribution in [3.05, 3.63) is 33.9 Å². The molecule has 3 N–H and O–H groups in total. The predicted molar refractivity (Wildman–Crippen MR) is 51.5 cm³/mol. The Morgan fingerprint density at radius 3 is 2.86 bits per heavy atom. The number of rotatable bonds is 1. The van der Waals surface area contributed by atoms with Gasteiger partial charge in [0.25, 0.3) is 0 Å². The summed E-state index contributed by atoms with van der Waals surface area (Å²) in [6, 6.07) is 4.49. The van der Waals surface area contributed by atoms with Crippen molar-refractivity contribution in [2.24, 2.45) is 0 Å². The number of nitrogen functional groups attached to an aromatic ring is 1. The first kappa shape index (κ1) is 10.0. The van der Waals surface area contributed by atoms with Gasteiger partial charge in [0.1, 0.15) is 17.9 Å². The SMILES string of the molecule is Nc1cccc(C#CCO)c1[N+](=O)[O-]. The van der Waals surface area contributed by atoms with E-state index >= 15 is 0 Å². The van der Waals surface area contributed by atoms with Crippen LogP contribution in [0.25, 0.3) is 0 Å². The van der Waals surface area contributed by atoms with Crippen LogP contribution >= 0.6 is 0 Å². The predicted octanol–water partition coefficient (Wildman–Crippen LogP) is 0.521. The van der Waals surface area contributed by atoms with Gasteiger partial charge in [-0.3, -0.25) is 10.1 Å². The average Bonchev–Trinajstić information content (AvgIpc) is 2.14. The van der Waals surface area contributed by atoms with Crippen LogP contribution in [0, 0.1) is 22.0 Å². The van der Waals surface area contributed by atoms with Crippen molar-refractivity contribution in [3.8, 4) is 11.8 Å². The molecule has 0 spiro atoms. The monoisotopic (exact) mass is 192 g/mol. The lowest BCUT2D eigenvalue weighted by Gasteiger charge is -1.98. The first-order valence-corrected chi connectivity index (χ1v) is 3.79. The van der Waals surface area contributed by atoms with Gasteiger partial charge in [-0.2, -0.15) is 0 Å². The standard InChI is InChI=1S/C9H8N2O3/c10-8-5-1-3-7(4-2-6-12)9(8)11(13)14/h1,3,5,12H,6,10H2. The van der Waals surface area contributed by atoms with Crippen LogP contribution in [0.5, 0.6) is 0 Å². The van der Waals surface area contributed by atoms with E-state index in [0.717, 1.165) is 0 Å². The molecule has 0 bridgehead atoms. The highest BCUT2D eigenvalue weighted by atomic mass is 16.6. The number of hydrogen-bond donors (Lipinski definition) is 2. The number of nitro benzene ring substituents is 1. The van der Waals surface area contributed by atoms with E-state index in [-0.39, 0.29) is 23.5 Å². The highest BCUT2D eigenvalue weighted by molar-refractivity contribution is 5.66. The number of benzene rings is 1. The van der Waals surface area contributed by atoms with Gasteiger partial charge in [0.15, 0.2) is 0 Å². The number of hydrogen-bond acceptors (Lipinski definition) is 4. The zero-order valence-electron chi connectivity index (χ0n) is 7.23. The number of para-hydroxylation sites is 1. The lowest BCUT2D eigenvalue weighted by atomic mass is 10.1. The van der Waals surface area contributed by atoms with E-state index in [0.29, 0.717) is 0 Å². The Kier molecular flexibility index (Phi) is 3.05. The summed E-state index contributed by atoms with van der Waals surface area (Å²) < 4.78 is 0. The fourth-order valence-corrected chi connectivity index (χ4v) is 1.00. The summed E-state index contributed by atoms with van der Waals surface area (Å²) in [4.78, 5) is 10.0. The Morgan fingerprint density at radius 2 is 2.29 bits per heavy atom. The summed E-state index contributed by atoms with van der Waals surface area (Å²) in [5, 5.41) is 19.1. The second-order valence-corrected chi connectivity index (χ2v) is 2.46. The highest BCUT2D eigenvalue weighted by Gasteiger charge is 2.15. The number of aliphatic hydroxyl groups excluding tert-OH is 1. The number of anilines is 1. The molecule has 0 atom stereocenters. The van der Waals surface area contributed by atoms with Crippen molar-refractivity contribution in [3.63, 3.8) is 0 Å². The van der Waals surface area contributed by atoms with Gasteiger partial charge < -0.3 is 10.8 Å². The van der Waals surface area contributed by atoms with Crippen LogP contribution in [-0.2, 0) is 0 Å². The third-order valence-electron chi connectivity index (χ3n) is 1.55. The minimum absolute atomic E-state index is 0.0692. The minimum atomic E-state index is -0.587. The molecule has 0 saturated heterocycles. The number of nitrogens with two attached hydrogens (primary N) is 1. The molecule has 1 aromatic rings. The number of nitrogens with zero attached hydrogens (tertiary/aromatic N) is 1. The second kappa shape index (κ2) is 4.25. The minimum Gasteiger partial charge on any atom is -0.393 e. The smallest absolute Gasteiger partial charge is 0.307 e. The summed E-state index contributed by atoms with van der Waals surface area (Å²) in [6.07, 6.45) is 0. The summed E-state index contributed by atoms with van der Waals surface area (Å²) >= 11 is 0. The lowest BCUT2D eigenvalue weighted by molar-refractivity contribution is -0.384. The van der Waals surface area contributed by atoms with Crippen molar-refractivity contribution in [1.29, 1.82) is 0 Å². The van der Waals surface area contributed by atoms with Crippen molar-refractivity contribution in [1.82, 2.24) is 0 Å².